The zero-order valence-electron chi connectivity index (χ0n) is 20.4. The lowest BCUT2D eigenvalue weighted by Crippen LogP contribution is -2.40. The first-order valence-corrected chi connectivity index (χ1v) is 11.7. The molecule has 2 aromatic rings. The maximum absolute atomic E-state index is 13.6. The van der Waals surface area contributed by atoms with Crippen molar-refractivity contribution in [2.75, 3.05) is 33.3 Å². The van der Waals surface area contributed by atoms with Gasteiger partial charge in [0, 0.05) is 30.9 Å². The van der Waals surface area contributed by atoms with Gasteiger partial charge in [0.05, 0.1) is 18.3 Å². The molecule has 1 aliphatic rings. The zero-order valence-corrected chi connectivity index (χ0v) is 20.4. The van der Waals surface area contributed by atoms with Gasteiger partial charge in [0.2, 0.25) is 0 Å². The Morgan fingerprint density at radius 3 is 2.79 bits per heavy atom. The highest BCUT2D eigenvalue weighted by Gasteiger charge is 2.31. The van der Waals surface area contributed by atoms with Crippen LogP contribution in [0.3, 0.4) is 0 Å². The summed E-state index contributed by atoms with van der Waals surface area (Å²) in [6.45, 7) is 11.1. The molecule has 0 N–H and O–H groups in total. The number of hydrogen-bond acceptors (Lipinski definition) is 5. The summed E-state index contributed by atoms with van der Waals surface area (Å²) in [5, 5.41) is 9.32. The van der Waals surface area contributed by atoms with Crippen LogP contribution in [0.1, 0.15) is 72.0 Å². The molecule has 1 amide bonds. The van der Waals surface area contributed by atoms with E-state index in [-0.39, 0.29) is 11.9 Å². The van der Waals surface area contributed by atoms with Gasteiger partial charge in [0.1, 0.15) is 17.4 Å². The Kier molecular flexibility index (Phi) is 8.24. The van der Waals surface area contributed by atoms with Gasteiger partial charge in [-0.3, -0.25) is 9.78 Å². The number of ether oxygens (including phenoxy) is 1. The number of nitriles is 1. The van der Waals surface area contributed by atoms with E-state index in [4.69, 9.17) is 4.74 Å². The van der Waals surface area contributed by atoms with Crippen LogP contribution in [-0.2, 0) is 12.8 Å². The zero-order chi connectivity index (χ0) is 24.0. The average Bonchev–Trinajstić information content (AvgIpc) is 2.83. The third-order valence-corrected chi connectivity index (χ3v) is 6.31. The third kappa shape index (κ3) is 5.43. The van der Waals surface area contributed by atoms with E-state index < -0.39 is 0 Å². The molecule has 1 aromatic carbocycles. The van der Waals surface area contributed by atoms with E-state index in [1.54, 1.807) is 6.07 Å². The van der Waals surface area contributed by atoms with Gasteiger partial charge in [-0.2, -0.15) is 5.26 Å². The van der Waals surface area contributed by atoms with Crippen LogP contribution in [0.2, 0.25) is 0 Å². The van der Waals surface area contributed by atoms with E-state index in [0.29, 0.717) is 24.5 Å². The quantitative estimate of drug-likeness (QED) is 0.561. The van der Waals surface area contributed by atoms with Crippen LogP contribution in [0.25, 0.3) is 6.08 Å². The van der Waals surface area contributed by atoms with Crippen LogP contribution in [0, 0.1) is 11.3 Å². The van der Waals surface area contributed by atoms with Gasteiger partial charge in [-0.1, -0.05) is 25.1 Å². The molecule has 6 heteroatoms. The second-order valence-corrected chi connectivity index (χ2v) is 8.43. The summed E-state index contributed by atoms with van der Waals surface area (Å²) in [6, 6.07) is 7.99. The van der Waals surface area contributed by atoms with Crippen molar-refractivity contribution in [3.8, 4) is 11.8 Å². The van der Waals surface area contributed by atoms with Crippen molar-refractivity contribution in [3.63, 3.8) is 0 Å². The Morgan fingerprint density at radius 1 is 1.33 bits per heavy atom. The van der Waals surface area contributed by atoms with Gasteiger partial charge in [0.25, 0.3) is 5.91 Å². The van der Waals surface area contributed by atoms with Crippen LogP contribution < -0.4 is 4.74 Å². The molecule has 1 aromatic heterocycles. The minimum atomic E-state index is -0.224. The normalized spacial score (nSPS) is 14.5. The molecule has 0 aliphatic carbocycles. The summed E-state index contributed by atoms with van der Waals surface area (Å²) in [5.74, 6) is 0.545. The van der Waals surface area contributed by atoms with Gasteiger partial charge in [-0.15, -0.1) is 0 Å². The number of carbonyl (C=O) groups is 1. The van der Waals surface area contributed by atoms with Crippen molar-refractivity contribution in [1.29, 1.82) is 5.26 Å². The molecule has 3 rings (SSSR count). The van der Waals surface area contributed by atoms with E-state index in [1.165, 1.54) is 11.8 Å². The predicted molar refractivity (Wildman–Crippen MR) is 131 cm³/mol. The molecule has 174 valence electrons. The predicted octanol–water partition coefficient (Wildman–Crippen LogP) is 4.64. The standard InChI is InChI=1S/C27H34N4O2/c1-6-9-21-14-20(10-12-30(5)7-2)15-24-23(21)11-13-31(27(24)32)19(4)25-16-26(33-8-3)22(17-28)18-29-25/h6,9,14-16,18-19H,7-8,10-13H2,1-5H3. The van der Waals surface area contributed by atoms with Crippen LogP contribution in [0.4, 0.5) is 0 Å². The molecule has 1 atom stereocenters. The summed E-state index contributed by atoms with van der Waals surface area (Å²) in [5.41, 5.74) is 5.36. The number of allylic oxidation sites excluding steroid dienone is 1. The van der Waals surface area contributed by atoms with Gasteiger partial charge < -0.3 is 14.5 Å². The van der Waals surface area contributed by atoms with Crippen LogP contribution >= 0.6 is 0 Å². The Balaban J connectivity index is 1.93. The Labute approximate surface area is 197 Å². The molecule has 0 bridgehead atoms. The number of aromatic nitrogens is 1. The molecular weight excluding hydrogens is 412 g/mol. The smallest absolute Gasteiger partial charge is 0.254 e. The molecular formula is C27H34N4O2. The van der Waals surface area contributed by atoms with Crippen molar-refractivity contribution >= 4 is 12.0 Å². The van der Waals surface area contributed by atoms with Gasteiger partial charge >= 0.3 is 0 Å². The summed E-state index contributed by atoms with van der Waals surface area (Å²) in [4.78, 5) is 22.3. The van der Waals surface area contributed by atoms with Crippen molar-refractivity contribution in [2.45, 2.75) is 46.6 Å². The minimum Gasteiger partial charge on any atom is -0.492 e. The number of fused-ring (bicyclic) bond motifs is 1. The fourth-order valence-electron chi connectivity index (χ4n) is 4.23. The molecule has 0 radical (unpaired) electrons. The maximum atomic E-state index is 13.6. The molecule has 1 aliphatic heterocycles. The fraction of sp³-hybridized carbons (Fsp3) is 0.444. The lowest BCUT2D eigenvalue weighted by molar-refractivity contribution is 0.0668. The van der Waals surface area contributed by atoms with E-state index in [2.05, 4.69) is 48.1 Å². The number of rotatable bonds is 9. The largest absolute Gasteiger partial charge is 0.492 e. The van der Waals surface area contributed by atoms with Crippen molar-refractivity contribution in [2.24, 2.45) is 0 Å². The van der Waals surface area contributed by atoms with Gasteiger partial charge in [-0.05, 0) is 70.0 Å². The first-order valence-electron chi connectivity index (χ1n) is 11.7. The van der Waals surface area contributed by atoms with E-state index >= 15 is 0 Å². The Hall–Kier alpha value is -3.17. The number of carbonyl (C=O) groups excluding carboxylic acids is 1. The van der Waals surface area contributed by atoms with E-state index in [1.807, 2.05) is 31.7 Å². The van der Waals surface area contributed by atoms with Crippen LogP contribution in [0.5, 0.6) is 5.75 Å². The summed E-state index contributed by atoms with van der Waals surface area (Å²) < 4.78 is 5.63. The van der Waals surface area contributed by atoms with Crippen LogP contribution in [0.15, 0.2) is 30.5 Å². The monoisotopic (exact) mass is 446 g/mol. The number of amides is 1. The molecule has 0 fully saturated rings. The summed E-state index contributed by atoms with van der Waals surface area (Å²) >= 11 is 0. The van der Waals surface area contributed by atoms with Crippen molar-refractivity contribution in [1.82, 2.24) is 14.8 Å². The van der Waals surface area contributed by atoms with Crippen LogP contribution in [-0.4, -0.2) is 54.0 Å². The molecule has 0 saturated carbocycles. The fourth-order valence-corrected chi connectivity index (χ4v) is 4.23. The SMILES string of the molecule is CC=Cc1cc(CCN(C)CC)cc2c1CCN(C(C)c1cc(OCC)c(C#N)cn1)C2=O. The van der Waals surface area contributed by atoms with E-state index in [9.17, 15) is 10.1 Å². The second kappa shape index (κ2) is 11.1. The molecule has 0 saturated heterocycles. The number of pyridine rings is 1. The molecule has 1 unspecified atom stereocenters. The topological polar surface area (TPSA) is 69.5 Å². The van der Waals surface area contributed by atoms with E-state index in [0.717, 1.165) is 48.3 Å². The number of nitrogens with zero attached hydrogens (tertiary/aromatic N) is 4. The average molecular weight is 447 g/mol. The second-order valence-electron chi connectivity index (χ2n) is 8.43. The first kappa shape index (κ1) is 24.5. The Morgan fingerprint density at radius 2 is 2.12 bits per heavy atom. The summed E-state index contributed by atoms with van der Waals surface area (Å²) in [6.07, 6.45) is 7.38. The Bertz CT molecular complexity index is 1070. The molecule has 0 spiro atoms. The lowest BCUT2D eigenvalue weighted by Gasteiger charge is -2.34. The molecule has 2 heterocycles. The highest BCUT2D eigenvalue weighted by Crippen LogP contribution is 2.32. The number of likely N-dealkylation sites (N-methyl/N-ethyl adjacent to an activating group) is 1. The number of hydrogen-bond donors (Lipinski definition) is 0. The van der Waals surface area contributed by atoms with Gasteiger partial charge in [0.15, 0.2) is 0 Å². The lowest BCUT2D eigenvalue weighted by atomic mass is 9.89. The number of benzene rings is 1. The highest BCUT2D eigenvalue weighted by molar-refractivity contribution is 5.98. The third-order valence-electron chi connectivity index (χ3n) is 6.31. The molecule has 33 heavy (non-hydrogen) atoms. The van der Waals surface area contributed by atoms with Crippen molar-refractivity contribution in [3.05, 3.63) is 64.0 Å². The highest BCUT2D eigenvalue weighted by atomic mass is 16.5. The summed E-state index contributed by atoms with van der Waals surface area (Å²) in [7, 11) is 2.11. The van der Waals surface area contributed by atoms with Crippen molar-refractivity contribution < 1.29 is 9.53 Å². The molecule has 6 nitrogen and oxygen atoms in total. The first-order chi connectivity index (χ1) is 15.9. The maximum Gasteiger partial charge on any atom is 0.254 e. The minimum absolute atomic E-state index is 0.0318. The van der Waals surface area contributed by atoms with Gasteiger partial charge in [-0.25, -0.2) is 0 Å².